The second-order valence-corrected chi connectivity index (χ2v) is 20.2. The first-order chi connectivity index (χ1) is 40.2. The molecule has 6 aromatic rings. The molecule has 4 N–H and O–H groups in total. The molecular formula is C60H76F6N3O13P. The molecule has 0 aromatic heterocycles. The maximum atomic E-state index is 9.87. The Bertz CT molecular complexity index is 2550. The molecule has 0 radical (unpaired) electrons. The molecule has 0 unspecified atom stereocenters. The molecule has 83 heavy (non-hydrogen) atoms. The Morgan fingerprint density at radius 1 is 0.289 bits per heavy atom. The average molecular weight is 1190 g/mol. The summed E-state index contributed by atoms with van der Waals surface area (Å²) < 4.78 is 134. The van der Waals surface area contributed by atoms with Crippen LogP contribution in [-0.4, -0.2) is 132 Å². The molecule has 16 nitrogen and oxygen atoms in total. The number of hydrogen-bond donors (Lipinski definition) is 3. The second-order valence-electron chi connectivity index (χ2n) is 18.3. The van der Waals surface area contributed by atoms with Crippen LogP contribution in [0.15, 0.2) is 146 Å². The van der Waals surface area contributed by atoms with E-state index in [1.165, 1.54) is 22.3 Å². The van der Waals surface area contributed by atoms with E-state index in [1.54, 1.807) is 0 Å². The number of nitrogens with two attached hydrogens (primary N) is 1. The Morgan fingerprint density at radius 2 is 0.566 bits per heavy atom. The number of halogens is 6. The molecule has 0 saturated heterocycles. The van der Waals surface area contributed by atoms with Gasteiger partial charge in [-0.25, -0.2) is 0 Å². The summed E-state index contributed by atoms with van der Waals surface area (Å²) in [6.07, 6.45) is 0. The summed E-state index contributed by atoms with van der Waals surface area (Å²) in [5.74, 6) is 4.66. The normalized spacial score (nSPS) is 17.7. The van der Waals surface area contributed by atoms with E-state index < -0.39 is 7.81 Å². The Labute approximate surface area is 481 Å². The summed E-state index contributed by atoms with van der Waals surface area (Å²) in [4.78, 5) is 0. The molecule has 4 heterocycles. The van der Waals surface area contributed by atoms with Gasteiger partial charge >= 0.3 is 33.0 Å². The van der Waals surface area contributed by atoms with Crippen LogP contribution in [-0.2, 0) is 59.3 Å². The van der Waals surface area contributed by atoms with Gasteiger partial charge in [0.2, 0.25) is 0 Å². The molecule has 0 saturated carbocycles. The fourth-order valence-corrected chi connectivity index (χ4v) is 7.72. The molecule has 6 aromatic carbocycles. The van der Waals surface area contributed by atoms with Crippen molar-refractivity contribution in [3.05, 3.63) is 168 Å². The van der Waals surface area contributed by atoms with Gasteiger partial charge in [-0.1, -0.05) is 60.7 Å². The van der Waals surface area contributed by atoms with E-state index in [9.17, 15) is 25.2 Å². The molecule has 0 spiro atoms. The van der Waals surface area contributed by atoms with Crippen LogP contribution in [0.3, 0.4) is 0 Å². The second kappa shape index (κ2) is 35.5. The number of hydrogen-bond acceptors (Lipinski definition) is 15. The van der Waals surface area contributed by atoms with Crippen LogP contribution in [0.4, 0.5) is 36.6 Å². The van der Waals surface area contributed by atoms with E-state index in [4.69, 9.17) is 61.6 Å². The van der Waals surface area contributed by atoms with Crippen molar-refractivity contribution in [1.29, 1.82) is 0 Å². The SMILES string of the molecule is F[P-](F)(F)(F)(F)F.c1cc2cc(c1)CNc1ccccc1OCCOCCOCCOCCOc1ccccc1NC2.c1ccc2c(c1)OCCOCCOCCOc1ccc(cc1)C[NH2+]Cc1ccc(cc1)OCCOCCOCCO2. The van der Waals surface area contributed by atoms with Crippen LogP contribution in [0.25, 0.3) is 0 Å². The van der Waals surface area contributed by atoms with Gasteiger partial charge in [0.1, 0.15) is 75.7 Å². The zero-order chi connectivity index (χ0) is 58.6. The van der Waals surface area contributed by atoms with Gasteiger partial charge in [-0.15, -0.1) is 0 Å². The van der Waals surface area contributed by atoms with Gasteiger partial charge in [0, 0.05) is 24.2 Å². The average Bonchev–Trinajstić information content (AvgIpc) is 3.51. The molecule has 0 fully saturated rings. The minimum absolute atomic E-state index is 0.417. The predicted octanol–water partition coefficient (Wildman–Crippen LogP) is 11.4. The van der Waals surface area contributed by atoms with Gasteiger partial charge in [0.05, 0.1) is 104 Å². The Morgan fingerprint density at radius 3 is 0.904 bits per heavy atom. The van der Waals surface area contributed by atoms with Gasteiger partial charge in [0.15, 0.2) is 11.5 Å². The van der Waals surface area contributed by atoms with E-state index in [2.05, 4.69) is 64.5 Å². The van der Waals surface area contributed by atoms with Crippen molar-refractivity contribution in [1.82, 2.24) is 0 Å². The molecule has 10 rings (SSSR count). The van der Waals surface area contributed by atoms with Crippen LogP contribution in [0.1, 0.15) is 22.3 Å². The van der Waals surface area contributed by atoms with Gasteiger partial charge in [0.25, 0.3) is 0 Å². The maximum absolute atomic E-state index is 10.7. The van der Waals surface area contributed by atoms with E-state index in [0.29, 0.717) is 157 Å². The number of para-hydroxylation sites is 6. The first kappa shape index (κ1) is 65.6. The molecule has 23 heteroatoms. The number of ether oxygens (including phenoxy) is 13. The third kappa shape index (κ3) is 31.0. The third-order valence-corrected chi connectivity index (χ3v) is 11.6. The van der Waals surface area contributed by atoms with Gasteiger partial charge in [-0.3, -0.25) is 0 Å². The van der Waals surface area contributed by atoms with Crippen LogP contribution < -0.4 is 44.4 Å². The van der Waals surface area contributed by atoms with Crippen LogP contribution in [0.2, 0.25) is 0 Å². The summed E-state index contributed by atoms with van der Waals surface area (Å²) in [6, 6.07) is 48.5. The third-order valence-electron chi connectivity index (χ3n) is 11.6. The smallest absolute Gasteiger partial charge is 0.161 e. The van der Waals surface area contributed by atoms with Crippen molar-refractivity contribution in [3.63, 3.8) is 0 Å². The molecular weight excluding hydrogens is 1120 g/mol. The number of fused-ring (bicyclic) bond motifs is 6. The molecule has 0 amide bonds. The summed E-state index contributed by atoms with van der Waals surface area (Å²) in [5, 5.41) is 9.28. The minimum Gasteiger partial charge on any atom is -0.491 e. The molecule has 4 aliphatic rings. The molecule has 6 bridgehead atoms. The zero-order valence-electron chi connectivity index (χ0n) is 46.4. The standard InChI is InChI=1S/C32H41NO8.C28H34N2O5.F6P/c1-2-4-32-31(3-1)40-23-19-36-15-13-34-17-21-38-29-9-5-27(6-10-29)25-33-26-28-7-11-30(12-8-28)39-22-18-35-14-16-37-20-24-41-32;1-3-10-27-25(8-1)29-21-23-6-5-7-24(20-23)22-30-26-9-2-4-11-28(26)35-19-17-33-15-13-31-12-14-32-16-18-34-27;1-7(2,3,4,5)6/h1-12,33H,13-26H2;1-11,20,29-30H,12-19,21-22H2;/q;;-1/p+1. The quantitative estimate of drug-likeness (QED) is 0.0973. The first-order valence-corrected chi connectivity index (χ1v) is 29.4. The molecule has 4 aliphatic heterocycles. The largest absolute Gasteiger partial charge is 0.491 e. The van der Waals surface area contributed by atoms with Crippen molar-refractivity contribution in [3.8, 4) is 34.5 Å². The molecule has 0 atom stereocenters. The number of nitrogens with one attached hydrogen (secondary N) is 2. The summed E-state index contributed by atoms with van der Waals surface area (Å²) in [5.41, 5.74) is 6.80. The van der Waals surface area contributed by atoms with Crippen LogP contribution in [0, 0.1) is 0 Å². The van der Waals surface area contributed by atoms with Crippen LogP contribution >= 0.6 is 7.81 Å². The van der Waals surface area contributed by atoms with Crippen molar-refractivity contribution in [2.24, 2.45) is 0 Å². The Balaban J connectivity index is 0.000000241. The summed E-state index contributed by atoms with van der Waals surface area (Å²) >= 11 is 0. The fraction of sp³-hybridized carbons (Fsp3) is 0.400. The van der Waals surface area contributed by atoms with E-state index >= 15 is 0 Å². The molecule has 456 valence electrons. The summed E-state index contributed by atoms with van der Waals surface area (Å²) in [7, 11) is -10.7. The number of rotatable bonds is 0. The Hall–Kier alpha value is -6.59. The van der Waals surface area contributed by atoms with Crippen molar-refractivity contribution < 1.29 is 92.1 Å². The number of benzene rings is 6. The minimum atomic E-state index is -10.7. The van der Waals surface area contributed by atoms with Gasteiger partial charge in [-0.2, -0.15) is 0 Å². The Kier molecular flexibility index (Phi) is 28.1. The first-order valence-electron chi connectivity index (χ1n) is 27.4. The van der Waals surface area contributed by atoms with Crippen molar-refractivity contribution >= 4 is 19.2 Å². The van der Waals surface area contributed by atoms with E-state index in [-0.39, 0.29) is 0 Å². The van der Waals surface area contributed by atoms with Gasteiger partial charge in [-0.05, 0) is 96.1 Å². The monoisotopic (exact) mass is 1190 g/mol. The fourth-order valence-electron chi connectivity index (χ4n) is 7.72. The van der Waals surface area contributed by atoms with E-state index in [0.717, 1.165) is 47.5 Å². The summed E-state index contributed by atoms with van der Waals surface area (Å²) in [6.45, 7) is 12.9. The predicted molar refractivity (Wildman–Crippen MR) is 305 cm³/mol. The van der Waals surface area contributed by atoms with Crippen LogP contribution in [0.5, 0.6) is 34.5 Å². The maximum Gasteiger partial charge on any atom is 0.161 e. The van der Waals surface area contributed by atoms with Crippen molar-refractivity contribution in [2.75, 3.05) is 143 Å². The zero-order valence-corrected chi connectivity index (χ0v) is 47.3. The number of quaternary nitrogens is 1. The van der Waals surface area contributed by atoms with E-state index in [1.807, 2.05) is 97.1 Å². The topological polar surface area (TPSA) is 161 Å². The molecule has 0 aliphatic carbocycles. The number of anilines is 2. The van der Waals surface area contributed by atoms with Gasteiger partial charge < -0.3 is 77.5 Å². The van der Waals surface area contributed by atoms with Crippen molar-refractivity contribution in [2.45, 2.75) is 26.2 Å².